The molecule has 4 heterocycles. The van der Waals surface area contributed by atoms with Crippen LogP contribution >= 0.6 is 0 Å². The third kappa shape index (κ3) is 3.80. The first kappa shape index (κ1) is 18.8. The van der Waals surface area contributed by atoms with Crippen LogP contribution in [0.3, 0.4) is 0 Å². The molecule has 0 amide bonds. The molecule has 4 fully saturated rings. The number of nitrogens with one attached hydrogen (secondary N) is 1. The van der Waals surface area contributed by atoms with Gasteiger partial charge in [0.1, 0.15) is 17.7 Å². The van der Waals surface area contributed by atoms with Gasteiger partial charge in [0.05, 0.1) is 25.4 Å². The highest BCUT2D eigenvalue weighted by Gasteiger charge is 2.47. The van der Waals surface area contributed by atoms with Gasteiger partial charge in [0.25, 0.3) is 0 Å². The summed E-state index contributed by atoms with van der Waals surface area (Å²) < 4.78 is 31.8. The highest BCUT2D eigenvalue weighted by molar-refractivity contribution is 5.37. The number of ether oxygens (including phenoxy) is 3. The van der Waals surface area contributed by atoms with E-state index in [-0.39, 0.29) is 17.5 Å². The molecule has 1 aromatic carbocycles. The molecule has 0 aliphatic carbocycles. The molecule has 4 saturated heterocycles. The van der Waals surface area contributed by atoms with Gasteiger partial charge >= 0.3 is 0 Å². The maximum Gasteiger partial charge on any atom is 0.123 e. The van der Waals surface area contributed by atoms with E-state index in [9.17, 15) is 4.39 Å². The SMILES string of the molecule is Fc1ccc(OC2CCOCC2)c(C2CCN([C@@H]3COC4(CNC4)C3)CC2)c1. The number of likely N-dealkylation sites (tertiary alicyclic amines) is 1. The summed E-state index contributed by atoms with van der Waals surface area (Å²) >= 11 is 0. The Morgan fingerprint density at radius 2 is 1.89 bits per heavy atom. The first-order valence-electron chi connectivity index (χ1n) is 10.8. The molecule has 1 N–H and O–H groups in total. The molecule has 0 saturated carbocycles. The molecule has 0 unspecified atom stereocenters. The summed E-state index contributed by atoms with van der Waals surface area (Å²) in [5, 5.41) is 3.34. The van der Waals surface area contributed by atoms with E-state index in [1.807, 2.05) is 6.07 Å². The zero-order valence-corrected chi connectivity index (χ0v) is 16.5. The van der Waals surface area contributed by atoms with E-state index in [0.717, 1.165) is 89.4 Å². The molecule has 4 aliphatic heterocycles. The zero-order valence-electron chi connectivity index (χ0n) is 16.5. The van der Waals surface area contributed by atoms with Crippen LogP contribution in [0, 0.1) is 5.82 Å². The minimum absolute atomic E-state index is 0.106. The van der Waals surface area contributed by atoms with E-state index in [4.69, 9.17) is 14.2 Å². The Labute approximate surface area is 166 Å². The highest BCUT2D eigenvalue weighted by Crippen LogP contribution is 2.38. The van der Waals surface area contributed by atoms with Gasteiger partial charge in [-0.2, -0.15) is 0 Å². The number of piperidine rings is 1. The van der Waals surface area contributed by atoms with Crippen LogP contribution < -0.4 is 10.1 Å². The topological polar surface area (TPSA) is 43.0 Å². The van der Waals surface area contributed by atoms with Gasteiger partial charge in [-0.15, -0.1) is 0 Å². The molecule has 0 aromatic heterocycles. The number of benzene rings is 1. The van der Waals surface area contributed by atoms with E-state index in [1.165, 1.54) is 6.07 Å². The average molecular weight is 390 g/mol. The van der Waals surface area contributed by atoms with Crippen molar-refractivity contribution in [3.8, 4) is 5.75 Å². The summed E-state index contributed by atoms with van der Waals surface area (Å²) in [5.74, 6) is 1.07. The summed E-state index contributed by atoms with van der Waals surface area (Å²) in [6.45, 7) is 6.45. The van der Waals surface area contributed by atoms with Gasteiger partial charge in [-0.3, -0.25) is 4.90 Å². The fourth-order valence-electron chi connectivity index (χ4n) is 5.20. The van der Waals surface area contributed by atoms with Crippen LogP contribution in [0.5, 0.6) is 5.75 Å². The van der Waals surface area contributed by atoms with E-state index in [1.54, 1.807) is 6.07 Å². The Morgan fingerprint density at radius 1 is 1.11 bits per heavy atom. The summed E-state index contributed by atoms with van der Waals surface area (Å²) in [7, 11) is 0. The third-order valence-electron chi connectivity index (χ3n) is 7.00. The van der Waals surface area contributed by atoms with Crippen molar-refractivity contribution >= 4 is 0 Å². The van der Waals surface area contributed by atoms with Crippen LogP contribution in [0.25, 0.3) is 0 Å². The predicted molar refractivity (Wildman–Crippen MR) is 104 cm³/mol. The Morgan fingerprint density at radius 3 is 2.57 bits per heavy atom. The van der Waals surface area contributed by atoms with E-state index >= 15 is 0 Å². The zero-order chi connectivity index (χ0) is 19.0. The smallest absolute Gasteiger partial charge is 0.123 e. The highest BCUT2D eigenvalue weighted by atomic mass is 19.1. The van der Waals surface area contributed by atoms with Gasteiger partial charge < -0.3 is 19.5 Å². The second kappa shape index (κ2) is 7.90. The van der Waals surface area contributed by atoms with E-state index < -0.39 is 0 Å². The maximum atomic E-state index is 14.0. The second-order valence-electron chi connectivity index (χ2n) is 8.88. The quantitative estimate of drug-likeness (QED) is 0.856. The molecule has 154 valence electrons. The van der Waals surface area contributed by atoms with Crippen molar-refractivity contribution in [2.45, 2.75) is 55.8 Å². The summed E-state index contributed by atoms with van der Waals surface area (Å²) in [6, 6.07) is 5.58. The molecule has 1 aromatic rings. The Bertz CT molecular complexity index is 682. The number of hydrogen-bond acceptors (Lipinski definition) is 5. The number of halogens is 1. The fraction of sp³-hybridized carbons (Fsp3) is 0.727. The van der Waals surface area contributed by atoms with Gasteiger partial charge in [0.15, 0.2) is 0 Å². The minimum Gasteiger partial charge on any atom is -0.490 e. The molecule has 4 aliphatic rings. The molecular formula is C22H31FN2O3. The molecule has 0 bridgehead atoms. The monoisotopic (exact) mass is 390 g/mol. The largest absolute Gasteiger partial charge is 0.490 e. The lowest BCUT2D eigenvalue weighted by molar-refractivity contribution is -0.0367. The van der Waals surface area contributed by atoms with Crippen molar-refractivity contribution in [2.24, 2.45) is 0 Å². The molecule has 1 spiro atoms. The normalized spacial score (nSPS) is 29.1. The first-order chi connectivity index (χ1) is 13.7. The standard InChI is InChI=1S/C22H31FN2O3/c23-17-1-2-21(28-19-5-9-26-10-6-19)20(11-17)16-3-7-25(8-4-16)18-12-22(27-13-18)14-24-15-22/h1-2,11,16,18-19,24H,3-10,12-15H2/t18-/m0/s1. The Kier molecular flexibility index (Phi) is 5.30. The molecule has 1 atom stereocenters. The molecule has 0 radical (unpaired) electrons. The number of hydrogen-bond donors (Lipinski definition) is 1. The predicted octanol–water partition coefficient (Wildman–Crippen LogP) is 2.69. The van der Waals surface area contributed by atoms with Crippen LogP contribution in [-0.4, -0.2) is 68.6 Å². The molecule has 5 nitrogen and oxygen atoms in total. The van der Waals surface area contributed by atoms with Gasteiger partial charge in [-0.1, -0.05) is 0 Å². The minimum atomic E-state index is -0.166. The van der Waals surface area contributed by atoms with Crippen LogP contribution in [0.15, 0.2) is 18.2 Å². The van der Waals surface area contributed by atoms with Crippen molar-refractivity contribution in [1.82, 2.24) is 10.2 Å². The molecule has 6 heteroatoms. The average Bonchev–Trinajstić information content (AvgIpc) is 3.17. The molecule has 28 heavy (non-hydrogen) atoms. The Hall–Kier alpha value is -1.21. The number of nitrogens with zero attached hydrogens (tertiary/aromatic N) is 1. The third-order valence-corrected chi connectivity index (χ3v) is 7.00. The van der Waals surface area contributed by atoms with Crippen LogP contribution in [0.2, 0.25) is 0 Å². The summed E-state index contributed by atoms with van der Waals surface area (Å²) in [6.07, 6.45) is 5.25. The van der Waals surface area contributed by atoms with Crippen LogP contribution in [0.1, 0.15) is 43.6 Å². The summed E-state index contributed by atoms with van der Waals surface area (Å²) in [4.78, 5) is 2.59. The molecular weight excluding hydrogens is 359 g/mol. The summed E-state index contributed by atoms with van der Waals surface area (Å²) in [5.41, 5.74) is 1.16. The first-order valence-corrected chi connectivity index (χ1v) is 10.8. The second-order valence-corrected chi connectivity index (χ2v) is 8.88. The van der Waals surface area contributed by atoms with Crippen molar-refractivity contribution in [3.63, 3.8) is 0 Å². The van der Waals surface area contributed by atoms with Gasteiger partial charge in [-0.25, -0.2) is 4.39 Å². The van der Waals surface area contributed by atoms with Gasteiger partial charge in [0, 0.05) is 37.5 Å². The van der Waals surface area contributed by atoms with Crippen LogP contribution in [-0.2, 0) is 9.47 Å². The lowest BCUT2D eigenvalue weighted by Gasteiger charge is -2.40. The Balaban J connectivity index is 1.22. The lowest BCUT2D eigenvalue weighted by atomic mass is 9.86. The van der Waals surface area contributed by atoms with E-state index in [0.29, 0.717) is 12.0 Å². The number of rotatable bonds is 4. The van der Waals surface area contributed by atoms with Crippen molar-refractivity contribution in [1.29, 1.82) is 0 Å². The molecule has 5 rings (SSSR count). The van der Waals surface area contributed by atoms with Crippen molar-refractivity contribution < 1.29 is 18.6 Å². The van der Waals surface area contributed by atoms with Gasteiger partial charge in [0.2, 0.25) is 0 Å². The fourth-order valence-corrected chi connectivity index (χ4v) is 5.20. The lowest BCUT2D eigenvalue weighted by Crippen LogP contribution is -2.59. The van der Waals surface area contributed by atoms with E-state index in [2.05, 4.69) is 10.2 Å². The maximum absolute atomic E-state index is 14.0. The van der Waals surface area contributed by atoms with Crippen molar-refractivity contribution in [3.05, 3.63) is 29.6 Å². The van der Waals surface area contributed by atoms with Crippen molar-refractivity contribution in [2.75, 3.05) is 46.0 Å². The van der Waals surface area contributed by atoms with Gasteiger partial charge in [-0.05, 0) is 56.5 Å². The van der Waals surface area contributed by atoms with Crippen LogP contribution in [0.4, 0.5) is 4.39 Å².